The zero-order valence-corrected chi connectivity index (χ0v) is 12.7. The van der Waals surface area contributed by atoms with Crippen LogP contribution in [0.1, 0.15) is 21.9 Å². The summed E-state index contributed by atoms with van der Waals surface area (Å²) in [5.41, 5.74) is 1.66. The fraction of sp³-hybridized carbons (Fsp3) is 0.200. The van der Waals surface area contributed by atoms with E-state index in [0.717, 1.165) is 5.56 Å². The minimum atomic E-state index is -1.48. The first kappa shape index (κ1) is 16.0. The van der Waals surface area contributed by atoms with Crippen molar-refractivity contribution in [2.45, 2.75) is 12.7 Å². The Morgan fingerprint density at radius 1 is 1.27 bits per heavy atom. The molecule has 0 saturated carbocycles. The van der Waals surface area contributed by atoms with Crippen LogP contribution in [0.2, 0.25) is 0 Å². The molecule has 0 aliphatic heterocycles. The van der Waals surface area contributed by atoms with Gasteiger partial charge < -0.3 is 14.8 Å². The summed E-state index contributed by atoms with van der Waals surface area (Å²) in [6.45, 7) is 1.91. The Kier molecular flexibility index (Phi) is 5.11. The van der Waals surface area contributed by atoms with Crippen LogP contribution in [0.3, 0.4) is 0 Å². The van der Waals surface area contributed by atoms with E-state index in [-0.39, 0.29) is 28.9 Å². The predicted octanol–water partition coefficient (Wildman–Crippen LogP) is 2.17. The van der Waals surface area contributed by atoms with E-state index in [2.05, 4.69) is 5.32 Å². The van der Waals surface area contributed by atoms with Crippen molar-refractivity contribution in [3.05, 3.63) is 53.5 Å². The van der Waals surface area contributed by atoms with Gasteiger partial charge in [-0.2, -0.15) is 0 Å². The highest BCUT2D eigenvalue weighted by molar-refractivity contribution is 7.84. The maximum atomic E-state index is 11.9. The lowest BCUT2D eigenvalue weighted by Gasteiger charge is -2.05. The molecule has 1 atom stereocenters. The summed E-state index contributed by atoms with van der Waals surface area (Å²) in [5, 5.41) is 11.4. The van der Waals surface area contributed by atoms with Crippen LogP contribution in [0.15, 0.2) is 40.8 Å². The number of hydrogen-bond acceptors (Lipinski definition) is 4. The second kappa shape index (κ2) is 7.04. The third-order valence-corrected chi connectivity index (χ3v) is 3.96. The van der Waals surface area contributed by atoms with Gasteiger partial charge in [0.1, 0.15) is 11.5 Å². The number of rotatable bonds is 6. The van der Waals surface area contributed by atoms with E-state index in [1.54, 1.807) is 6.07 Å². The van der Waals surface area contributed by atoms with E-state index in [1.165, 1.54) is 12.1 Å². The summed E-state index contributed by atoms with van der Waals surface area (Å²) in [4.78, 5) is 22.5. The van der Waals surface area contributed by atoms with Crippen molar-refractivity contribution in [1.29, 1.82) is 0 Å². The molecule has 116 valence electrons. The molecule has 1 unspecified atom stereocenters. The van der Waals surface area contributed by atoms with Gasteiger partial charge in [-0.25, -0.2) is 4.79 Å². The van der Waals surface area contributed by atoms with Gasteiger partial charge in [0.2, 0.25) is 11.7 Å². The average Bonchev–Trinajstić information content (AvgIpc) is 2.86. The Bertz CT molecular complexity index is 722. The van der Waals surface area contributed by atoms with E-state index in [4.69, 9.17) is 9.52 Å². The number of carbonyl (C=O) groups is 2. The number of amides is 1. The fourth-order valence-corrected chi connectivity index (χ4v) is 2.79. The summed E-state index contributed by atoms with van der Waals surface area (Å²) in [6, 6.07) is 10.0. The third-order valence-electron chi connectivity index (χ3n) is 2.77. The molecule has 22 heavy (non-hydrogen) atoms. The van der Waals surface area contributed by atoms with Crippen LogP contribution < -0.4 is 5.32 Å². The Hall–Kier alpha value is -2.41. The lowest BCUT2D eigenvalue weighted by Crippen LogP contribution is -2.20. The lowest BCUT2D eigenvalue weighted by atomic mass is 10.2. The standard InChI is InChI=1S/C15H15NO5S/c1-10-3-2-4-11(7-10)16-14(17)9-22(20)8-12-5-6-13(21-12)15(18)19/h2-7H,8-9H2,1H3,(H,16,17)(H,18,19). The highest BCUT2D eigenvalue weighted by atomic mass is 32.2. The zero-order valence-electron chi connectivity index (χ0n) is 11.9. The monoisotopic (exact) mass is 321 g/mol. The number of carboxylic acid groups (broad SMARTS) is 1. The molecular formula is C15H15NO5S. The number of benzene rings is 1. The minimum Gasteiger partial charge on any atom is -0.475 e. The number of carboxylic acids is 1. The lowest BCUT2D eigenvalue weighted by molar-refractivity contribution is -0.113. The number of aryl methyl sites for hydroxylation is 1. The smallest absolute Gasteiger partial charge is 0.371 e. The van der Waals surface area contributed by atoms with E-state index in [1.807, 2.05) is 25.1 Å². The van der Waals surface area contributed by atoms with Gasteiger partial charge in [0.15, 0.2) is 0 Å². The molecule has 6 nitrogen and oxygen atoms in total. The molecule has 0 radical (unpaired) electrons. The second-order valence-electron chi connectivity index (χ2n) is 4.72. The van der Waals surface area contributed by atoms with Crippen molar-refractivity contribution in [3.8, 4) is 0 Å². The summed E-state index contributed by atoms with van der Waals surface area (Å²) >= 11 is 0. The van der Waals surface area contributed by atoms with Crippen LogP contribution in [-0.4, -0.2) is 26.9 Å². The SMILES string of the molecule is Cc1cccc(NC(=O)CS(=O)Cc2ccc(C(=O)O)o2)c1. The van der Waals surface area contributed by atoms with Crippen LogP contribution in [0.5, 0.6) is 0 Å². The van der Waals surface area contributed by atoms with E-state index in [9.17, 15) is 13.8 Å². The molecule has 0 fully saturated rings. The van der Waals surface area contributed by atoms with Gasteiger partial charge >= 0.3 is 5.97 Å². The number of carbonyl (C=O) groups excluding carboxylic acids is 1. The molecule has 1 heterocycles. The minimum absolute atomic E-state index is 0.00544. The van der Waals surface area contributed by atoms with Crippen LogP contribution >= 0.6 is 0 Å². The molecule has 1 aromatic carbocycles. The molecule has 1 aromatic heterocycles. The van der Waals surface area contributed by atoms with E-state index in [0.29, 0.717) is 5.69 Å². The summed E-state index contributed by atoms with van der Waals surface area (Å²) in [7, 11) is -1.48. The number of nitrogens with one attached hydrogen (secondary N) is 1. The predicted molar refractivity (Wildman–Crippen MR) is 82.2 cm³/mol. The van der Waals surface area contributed by atoms with E-state index < -0.39 is 16.8 Å². The topological polar surface area (TPSA) is 96.6 Å². The Morgan fingerprint density at radius 3 is 2.68 bits per heavy atom. The van der Waals surface area contributed by atoms with Crippen molar-refractivity contribution < 1.29 is 23.3 Å². The molecule has 2 aromatic rings. The summed E-state index contributed by atoms with van der Waals surface area (Å²) in [5.74, 6) is -1.68. The third kappa shape index (κ3) is 4.56. The summed E-state index contributed by atoms with van der Waals surface area (Å²) < 4.78 is 16.9. The molecule has 2 N–H and O–H groups in total. The Morgan fingerprint density at radius 2 is 2.05 bits per heavy atom. The maximum absolute atomic E-state index is 11.9. The fourth-order valence-electron chi connectivity index (χ4n) is 1.85. The van der Waals surface area contributed by atoms with Crippen LogP contribution in [0.25, 0.3) is 0 Å². The van der Waals surface area contributed by atoms with Gasteiger partial charge in [-0.15, -0.1) is 0 Å². The highest BCUT2D eigenvalue weighted by Gasteiger charge is 2.14. The molecule has 1 amide bonds. The molecule has 0 aliphatic rings. The van der Waals surface area contributed by atoms with Crippen LogP contribution in [-0.2, 0) is 21.3 Å². The quantitative estimate of drug-likeness (QED) is 0.850. The van der Waals surface area contributed by atoms with Gasteiger partial charge in [-0.05, 0) is 36.8 Å². The number of anilines is 1. The molecule has 0 saturated heterocycles. The Balaban J connectivity index is 1.88. The number of hydrogen-bond donors (Lipinski definition) is 2. The number of furan rings is 1. The first-order chi connectivity index (χ1) is 10.4. The maximum Gasteiger partial charge on any atom is 0.371 e. The van der Waals surface area contributed by atoms with Gasteiger partial charge in [0, 0.05) is 16.5 Å². The van der Waals surface area contributed by atoms with E-state index >= 15 is 0 Å². The number of aromatic carboxylic acids is 1. The van der Waals surface area contributed by atoms with Gasteiger partial charge in [0.25, 0.3) is 0 Å². The first-order valence-corrected chi connectivity index (χ1v) is 7.96. The van der Waals surface area contributed by atoms with Crippen molar-refractivity contribution in [2.24, 2.45) is 0 Å². The average molecular weight is 321 g/mol. The van der Waals surface area contributed by atoms with Gasteiger partial charge in [-0.1, -0.05) is 12.1 Å². The first-order valence-electron chi connectivity index (χ1n) is 6.47. The molecular weight excluding hydrogens is 306 g/mol. The van der Waals surface area contributed by atoms with Crippen molar-refractivity contribution in [3.63, 3.8) is 0 Å². The zero-order chi connectivity index (χ0) is 16.1. The largest absolute Gasteiger partial charge is 0.475 e. The molecule has 0 aliphatic carbocycles. The van der Waals surface area contributed by atoms with Crippen LogP contribution in [0.4, 0.5) is 5.69 Å². The van der Waals surface area contributed by atoms with Crippen LogP contribution in [0, 0.1) is 6.92 Å². The highest BCUT2D eigenvalue weighted by Crippen LogP contribution is 2.12. The van der Waals surface area contributed by atoms with Crippen molar-refractivity contribution in [2.75, 3.05) is 11.1 Å². The molecule has 2 rings (SSSR count). The summed E-state index contributed by atoms with van der Waals surface area (Å²) in [6.07, 6.45) is 0. The van der Waals surface area contributed by atoms with Crippen molar-refractivity contribution >= 4 is 28.4 Å². The molecule has 7 heteroatoms. The molecule has 0 bridgehead atoms. The van der Waals surface area contributed by atoms with Gasteiger partial charge in [0.05, 0.1) is 5.75 Å². The van der Waals surface area contributed by atoms with Crippen molar-refractivity contribution in [1.82, 2.24) is 0 Å². The Labute approximate surface area is 129 Å². The molecule has 0 spiro atoms. The second-order valence-corrected chi connectivity index (χ2v) is 6.17. The van der Waals surface area contributed by atoms with Gasteiger partial charge in [-0.3, -0.25) is 9.00 Å². The normalized spacial score (nSPS) is 11.9.